The zero-order valence-electron chi connectivity index (χ0n) is 6.62. The minimum absolute atomic E-state index is 0.914. The van der Waals surface area contributed by atoms with E-state index in [1.807, 2.05) is 24.3 Å². The topological polar surface area (TPSA) is 41.6 Å². The summed E-state index contributed by atoms with van der Waals surface area (Å²) in [7, 11) is 0. The van der Waals surface area contributed by atoms with Gasteiger partial charge in [0.15, 0.2) is 0 Å². The van der Waals surface area contributed by atoms with Crippen LogP contribution in [0.4, 0.5) is 0 Å². The summed E-state index contributed by atoms with van der Waals surface area (Å²) in [5.74, 6) is 0. The van der Waals surface area contributed by atoms with Crippen molar-refractivity contribution < 1.29 is 0 Å². The number of aromatic amines is 1. The second kappa shape index (κ2) is 4.11. The number of H-pyrrole nitrogens is 1. The van der Waals surface area contributed by atoms with Crippen molar-refractivity contribution in [1.29, 1.82) is 0 Å². The molecule has 1 aromatic heterocycles. The van der Waals surface area contributed by atoms with Crippen molar-refractivity contribution in [3.8, 4) is 0 Å². The fourth-order valence-electron chi connectivity index (χ4n) is 0.786. The highest BCUT2D eigenvalue weighted by Gasteiger charge is 1.90. The van der Waals surface area contributed by atoms with Crippen LogP contribution in [-0.2, 0) is 0 Å². The summed E-state index contributed by atoms with van der Waals surface area (Å²) in [6.45, 7) is 6.25. The van der Waals surface area contributed by atoms with Crippen molar-refractivity contribution in [2.75, 3.05) is 0 Å². The fraction of sp³-hybridized carbons (Fsp3) is 0. The zero-order valence-corrected chi connectivity index (χ0v) is 6.62. The van der Waals surface area contributed by atoms with E-state index >= 15 is 0 Å². The van der Waals surface area contributed by atoms with Gasteiger partial charge in [-0.15, -0.1) is 5.73 Å². The van der Waals surface area contributed by atoms with Crippen molar-refractivity contribution in [3.63, 3.8) is 0 Å². The third-order valence-corrected chi connectivity index (χ3v) is 1.22. The maximum absolute atomic E-state index is 3.88. The molecule has 0 radical (unpaired) electrons. The van der Waals surface area contributed by atoms with Crippen LogP contribution in [0, 0.1) is 0 Å². The van der Waals surface area contributed by atoms with Crippen molar-refractivity contribution in [2.24, 2.45) is 0 Å². The monoisotopic (exact) mass is 159 g/mol. The van der Waals surface area contributed by atoms with Gasteiger partial charge in [-0.1, -0.05) is 25.3 Å². The Morgan fingerprint density at radius 2 is 1.50 bits per heavy atom. The number of rotatable bonds is 0. The first-order chi connectivity index (χ1) is 5.88. The maximum Gasteiger partial charge on any atom is 0.112 e. The Bertz CT molecular complexity index is 353. The van der Waals surface area contributed by atoms with E-state index in [9.17, 15) is 0 Å². The van der Waals surface area contributed by atoms with E-state index in [1.165, 1.54) is 0 Å². The SMILES string of the molecule is C=C=C.c1ccc2n[nH]nc2c1. The van der Waals surface area contributed by atoms with Gasteiger partial charge in [0.2, 0.25) is 0 Å². The Morgan fingerprint density at radius 1 is 1.08 bits per heavy atom. The number of hydrogen-bond donors (Lipinski definition) is 1. The minimum Gasteiger partial charge on any atom is -0.197 e. The first-order valence-corrected chi connectivity index (χ1v) is 3.43. The quantitative estimate of drug-likeness (QED) is 0.596. The smallest absolute Gasteiger partial charge is 0.112 e. The van der Waals surface area contributed by atoms with Crippen molar-refractivity contribution in [2.45, 2.75) is 0 Å². The lowest BCUT2D eigenvalue weighted by Gasteiger charge is -1.78. The number of nitrogens with one attached hydrogen (secondary N) is 1. The van der Waals surface area contributed by atoms with Crippen LogP contribution in [0.25, 0.3) is 11.0 Å². The molecule has 2 aromatic rings. The third-order valence-electron chi connectivity index (χ3n) is 1.22. The van der Waals surface area contributed by atoms with Gasteiger partial charge in [0.25, 0.3) is 0 Å². The first kappa shape index (κ1) is 8.24. The second-order valence-corrected chi connectivity index (χ2v) is 2.06. The lowest BCUT2D eigenvalue weighted by Crippen LogP contribution is -1.63. The third kappa shape index (κ3) is 1.81. The molecule has 12 heavy (non-hydrogen) atoms. The van der Waals surface area contributed by atoms with Gasteiger partial charge in [0.05, 0.1) is 0 Å². The van der Waals surface area contributed by atoms with E-state index in [0.717, 1.165) is 11.0 Å². The van der Waals surface area contributed by atoms with Gasteiger partial charge in [0.1, 0.15) is 11.0 Å². The molecule has 0 fully saturated rings. The molecule has 0 atom stereocenters. The maximum atomic E-state index is 3.88. The van der Waals surface area contributed by atoms with E-state index in [2.05, 4.69) is 34.3 Å². The largest absolute Gasteiger partial charge is 0.197 e. The summed E-state index contributed by atoms with van der Waals surface area (Å²) < 4.78 is 0. The summed E-state index contributed by atoms with van der Waals surface area (Å²) in [6.07, 6.45) is 0. The van der Waals surface area contributed by atoms with Gasteiger partial charge >= 0.3 is 0 Å². The van der Waals surface area contributed by atoms with Gasteiger partial charge < -0.3 is 0 Å². The number of nitrogens with zero attached hydrogens (tertiary/aromatic N) is 2. The molecule has 0 spiro atoms. The molecule has 2 rings (SSSR count). The Morgan fingerprint density at radius 3 is 1.92 bits per heavy atom. The predicted molar refractivity (Wildman–Crippen MR) is 48.7 cm³/mol. The molecule has 1 aromatic carbocycles. The van der Waals surface area contributed by atoms with Crippen LogP contribution in [0.15, 0.2) is 43.2 Å². The van der Waals surface area contributed by atoms with Crippen LogP contribution in [0.5, 0.6) is 0 Å². The normalized spacial score (nSPS) is 8.33. The van der Waals surface area contributed by atoms with E-state index in [0.29, 0.717) is 0 Å². The number of benzene rings is 1. The number of para-hydroxylation sites is 2. The average molecular weight is 159 g/mol. The fourth-order valence-corrected chi connectivity index (χ4v) is 0.786. The Labute approximate surface area is 70.4 Å². The summed E-state index contributed by atoms with van der Waals surface area (Å²) in [5, 5.41) is 10.3. The molecule has 0 aliphatic heterocycles. The average Bonchev–Trinajstić information content (AvgIpc) is 2.52. The predicted octanol–water partition coefficient (Wildman–Crippen LogP) is 1.92. The van der Waals surface area contributed by atoms with Crippen LogP contribution in [-0.4, -0.2) is 15.4 Å². The molecule has 0 amide bonds. The summed E-state index contributed by atoms with van der Waals surface area (Å²) in [6, 6.07) is 7.70. The van der Waals surface area contributed by atoms with Crippen LogP contribution < -0.4 is 0 Å². The number of aromatic nitrogens is 3. The van der Waals surface area contributed by atoms with Gasteiger partial charge in [-0.05, 0) is 12.1 Å². The van der Waals surface area contributed by atoms with E-state index < -0.39 is 0 Å². The molecule has 0 bridgehead atoms. The lowest BCUT2D eigenvalue weighted by molar-refractivity contribution is 0.959. The van der Waals surface area contributed by atoms with Gasteiger partial charge in [-0.3, -0.25) is 0 Å². The molecular formula is C9H9N3. The molecular weight excluding hydrogens is 150 g/mol. The molecule has 0 aliphatic carbocycles. The first-order valence-electron chi connectivity index (χ1n) is 3.43. The Balaban J connectivity index is 0.000000213. The van der Waals surface area contributed by atoms with Crippen LogP contribution >= 0.6 is 0 Å². The molecule has 0 aliphatic rings. The standard InChI is InChI=1S/C6H5N3.C3H4/c1-2-4-6-5(3-1)7-9-8-6;1-3-2/h1-4H,(H,7,8,9);1-2H2. The Hall–Kier alpha value is -1.86. The van der Waals surface area contributed by atoms with Gasteiger partial charge in [0, 0.05) is 0 Å². The summed E-state index contributed by atoms with van der Waals surface area (Å²) >= 11 is 0. The van der Waals surface area contributed by atoms with Crippen LogP contribution in [0.1, 0.15) is 0 Å². The van der Waals surface area contributed by atoms with Crippen molar-refractivity contribution in [3.05, 3.63) is 43.2 Å². The van der Waals surface area contributed by atoms with Crippen molar-refractivity contribution >= 4 is 11.0 Å². The Kier molecular flexibility index (Phi) is 2.82. The van der Waals surface area contributed by atoms with Crippen LogP contribution in [0.3, 0.4) is 0 Å². The van der Waals surface area contributed by atoms with E-state index in [1.54, 1.807) is 0 Å². The summed E-state index contributed by atoms with van der Waals surface area (Å²) in [5.41, 5.74) is 4.08. The van der Waals surface area contributed by atoms with E-state index in [-0.39, 0.29) is 0 Å². The molecule has 1 heterocycles. The molecule has 0 unspecified atom stereocenters. The molecule has 3 nitrogen and oxygen atoms in total. The lowest BCUT2D eigenvalue weighted by atomic mass is 10.3. The highest BCUT2D eigenvalue weighted by molar-refractivity contribution is 5.72. The molecule has 0 saturated carbocycles. The van der Waals surface area contributed by atoms with Crippen molar-refractivity contribution in [1.82, 2.24) is 15.4 Å². The highest BCUT2D eigenvalue weighted by Crippen LogP contribution is 2.03. The molecule has 60 valence electrons. The van der Waals surface area contributed by atoms with Gasteiger partial charge in [-0.25, -0.2) is 0 Å². The van der Waals surface area contributed by atoms with Crippen LogP contribution in [0.2, 0.25) is 0 Å². The molecule has 3 heteroatoms. The molecule has 1 N–H and O–H groups in total. The van der Waals surface area contributed by atoms with Gasteiger partial charge in [-0.2, -0.15) is 15.4 Å². The van der Waals surface area contributed by atoms with E-state index in [4.69, 9.17) is 0 Å². The zero-order chi connectivity index (χ0) is 8.81. The second-order valence-electron chi connectivity index (χ2n) is 2.06. The number of fused-ring (bicyclic) bond motifs is 1. The molecule has 0 saturated heterocycles. The minimum atomic E-state index is 0.914. The number of hydrogen-bond acceptors (Lipinski definition) is 2. The summed E-state index contributed by atoms with van der Waals surface area (Å²) in [4.78, 5) is 0. The highest BCUT2D eigenvalue weighted by atomic mass is 15.3.